The van der Waals surface area contributed by atoms with Gasteiger partial charge in [0.15, 0.2) is 0 Å². The summed E-state index contributed by atoms with van der Waals surface area (Å²) in [4.78, 5) is 12.1. The first kappa shape index (κ1) is 14.3. The molecule has 0 spiro atoms. The van der Waals surface area contributed by atoms with Gasteiger partial charge in [-0.3, -0.25) is 9.80 Å². The number of hydrogen-bond acceptors (Lipinski definition) is 5. The van der Waals surface area contributed by atoms with Crippen molar-refractivity contribution in [1.29, 1.82) is 0 Å². The first-order valence-electron chi connectivity index (χ1n) is 5.50. The van der Waals surface area contributed by atoms with E-state index in [2.05, 4.69) is 26.9 Å². The summed E-state index contributed by atoms with van der Waals surface area (Å²) in [5, 5.41) is 7.21. The molecule has 0 atom stereocenters. The van der Waals surface area contributed by atoms with E-state index in [1.165, 1.54) is 23.2 Å². The highest BCUT2D eigenvalue weighted by molar-refractivity contribution is 9.09. The number of amides is 1. The van der Waals surface area contributed by atoms with Crippen LogP contribution in [0.4, 0.5) is 5.69 Å². The van der Waals surface area contributed by atoms with Crippen molar-refractivity contribution in [2.75, 3.05) is 17.3 Å². The van der Waals surface area contributed by atoms with E-state index in [0.29, 0.717) is 12.2 Å². The Hall–Kier alpha value is -1.16. The number of hydrogen-bond donors (Lipinski definition) is 3. The molecule has 1 amide bonds. The average Bonchev–Trinajstić information content (AvgIpc) is 2.37. The number of carbonyl (C=O) groups excluding carboxylic acids is 1. The maximum Gasteiger partial charge on any atom is 0.271 e. The molecule has 1 aromatic rings. The molecule has 4 N–H and O–H groups in total. The molecule has 1 aromatic carbocycles. The zero-order chi connectivity index (χ0) is 14.0. The molecule has 0 radical (unpaired) electrons. The van der Waals surface area contributed by atoms with Gasteiger partial charge in [-0.05, 0) is 24.6 Å². The smallest absolute Gasteiger partial charge is 0.271 e. The first-order valence-corrected chi connectivity index (χ1v) is 8.16. The van der Waals surface area contributed by atoms with Gasteiger partial charge in [-0.2, -0.15) is 0 Å². The van der Waals surface area contributed by atoms with Gasteiger partial charge < -0.3 is 5.43 Å². The largest absolute Gasteiger partial charge is 0.303 e. The fourth-order valence-electron chi connectivity index (χ4n) is 1.69. The van der Waals surface area contributed by atoms with Crippen LogP contribution in [-0.4, -0.2) is 31.2 Å². The molecule has 0 aromatic heterocycles. The van der Waals surface area contributed by atoms with Gasteiger partial charge in [0.1, 0.15) is 0 Å². The standard InChI is InChI=1S/C10H13BrN4O3S/c11-4-1-5-15-10(16)8-6-7(19(12,17)18)2-3-9(8)13-14-15/h2-3,6,13-14H,1,4-5H2,(H2,12,17,18). The van der Waals surface area contributed by atoms with Crippen molar-refractivity contribution in [2.45, 2.75) is 11.3 Å². The van der Waals surface area contributed by atoms with E-state index < -0.39 is 10.0 Å². The summed E-state index contributed by atoms with van der Waals surface area (Å²) in [6, 6.07) is 4.13. The second-order valence-corrected chi connectivity index (χ2v) is 6.34. The minimum atomic E-state index is -3.82. The molecule has 7 nitrogen and oxygen atoms in total. The molecule has 9 heteroatoms. The highest BCUT2D eigenvalue weighted by Gasteiger charge is 2.25. The number of hydrazine groups is 2. The maximum absolute atomic E-state index is 12.2. The van der Waals surface area contributed by atoms with Crippen LogP contribution < -0.4 is 16.1 Å². The van der Waals surface area contributed by atoms with E-state index in [9.17, 15) is 13.2 Å². The lowest BCUT2D eigenvalue weighted by Crippen LogP contribution is -2.50. The molecule has 0 aliphatic carbocycles. The number of nitrogens with two attached hydrogens (primary N) is 1. The molecule has 0 saturated carbocycles. The fraction of sp³-hybridized carbons (Fsp3) is 0.300. The van der Waals surface area contributed by atoms with Crippen molar-refractivity contribution < 1.29 is 13.2 Å². The van der Waals surface area contributed by atoms with E-state index >= 15 is 0 Å². The highest BCUT2D eigenvalue weighted by atomic mass is 79.9. The third kappa shape index (κ3) is 3.06. The molecule has 0 bridgehead atoms. The van der Waals surface area contributed by atoms with Gasteiger partial charge in [-0.1, -0.05) is 15.9 Å². The van der Waals surface area contributed by atoms with Crippen LogP contribution in [0.15, 0.2) is 23.1 Å². The molecular formula is C10H13BrN4O3S. The molecule has 19 heavy (non-hydrogen) atoms. The maximum atomic E-state index is 12.2. The van der Waals surface area contributed by atoms with E-state index in [0.717, 1.165) is 11.8 Å². The highest BCUT2D eigenvalue weighted by Crippen LogP contribution is 2.23. The van der Waals surface area contributed by atoms with Crippen LogP contribution in [0.5, 0.6) is 0 Å². The Morgan fingerprint density at radius 2 is 2.11 bits per heavy atom. The van der Waals surface area contributed by atoms with Gasteiger partial charge in [0.25, 0.3) is 5.91 Å². The summed E-state index contributed by atoms with van der Waals surface area (Å²) in [6.07, 6.45) is 0.768. The lowest BCUT2D eigenvalue weighted by Gasteiger charge is -2.30. The van der Waals surface area contributed by atoms with Gasteiger partial charge in [-0.25, -0.2) is 13.6 Å². The Labute approximate surface area is 119 Å². The second kappa shape index (κ2) is 5.45. The number of rotatable bonds is 4. The molecule has 1 aliphatic heterocycles. The number of alkyl halides is 1. The second-order valence-electron chi connectivity index (χ2n) is 3.99. The zero-order valence-corrected chi connectivity index (χ0v) is 12.3. The molecule has 0 fully saturated rings. The van der Waals surface area contributed by atoms with Crippen LogP contribution in [-0.2, 0) is 10.0 Å². The minimum Gasteiger partial charge on any atom is -0.303 e. The summed E-state index contributed by atoms with van der Waals surface area (Å²) in [6.45, 7) is 0.496. The van der Waals surface area contributed by atoms with Crippen molar-refractivity contribution in [3.8, 4) is 0 Å². The van der Waals surface area contributed by atoms with Crippen molar-refractivity contribution >= 4 is 37.5 Å². The molecule has 2 rings (SSSR count). The monoisotopic (exact) mass is 348 g/mol. The van der Waals surface area contributed by atoms with Crippen LogP contribution in [0.25, 0.3) is 0 Å². The number of anilines is 1. The van der Waals surface area contributed by atoms with Gasteiger partial charge >= 0.3 is 0 Å². The zero-order valence-electron chi connectivity index (χ0n) is 9.89. The Balaban J connectivity index is 2.33. The van der Waals surface area contributed by atoms with E-state index in [-0.39, 0.29) is 16.4 Å². The summed E-state index contributed by atoms with van der Waals surface area (Å²) < 4.78 is 22.6. The number of nitrogens with zero attached hydrogens (tertiary/aromatic N) is 1. The number of sulfonamides is 1. The van der Waals surface area contributed by atoms with Crippen molar-refractivity contribution in [2.24, 2.45) is 5.14 Å². The Morgan fingerprint density at radius 3 is 2.74 bits per heavy atom. The lowest BCUT2D eigenvalue weighted by atomic mass is 10.1. The molecule has 1 heterocycles. The van der Waals surface area contributed by atoms with Crippen molar-refractivity contribution in [3.63, 3.8) is 0 Å². The summed E-state index contributed by atoms with van der Waals surface area (Å²) in [5.74, 6) is -0.291. The Morgan fingerprint density at radius 1 is 1.37 bits per heavy atom. The quantitative estimate of drug-likeness (QED) is 0.683. The van der Waals surface area contributed by atoms with Crippen LogP contribution in [0.3, 0.4) is 0 Å². The number of halogens is 1. The summed E-state index contributed by atoms with van der Waals surface area (Å²) in [7, 11) is -3.82. The molecule has 0 unspecified atom stereocenters. The topological polar surface area (TPSA) is 105 Å². The predicted molar refractivity (Wildman–Crippen MR) is 74.0 cm³/mol. The van der Waals surface area contributed by atoms with E-state index in [1.807, 2.05) is 0 Å². The number of fused-ring (bicyclic) bond motifs is 1. The normalized spacial score (nSPS) is 15.1. The molecule has 0 saturated heterocycles. The number of benzene rings is 1. The average molecular weight is 349 g/mol. The van der Waals surface area contributed by atoms with E-state index in [1.54, 1.807) is 0 Å². The van der Waals surface area contributed by atoms with Crippen molar-refractivity contribution in [1.82, 2.24) is 10.5 Å². The molecular weight excluding hydrogens is 336 g/mol. The number of primary sulfonamides is 1. The van der Waals surface area contributed by atoms with Gasteiger partial charge in [0.2, 0.25) is 10.0 Å². The van der Waals surface area contributed by atoms with Crippen LogP contribution in [0.2, 0.25) is 0 Å². The van der Waals surface area contributed by atoms with Gasteiger partial charge in [-0.15, -0.1) is 5.53 Å². The SMILES string of the molecule is NS(=O)(=O)c1ccc2c(c1)C(=O)N(CCCBr)NN2. The van der Waals surface area contributed by atoms with Crippen LogP contribution in [0.1, 0.15) is 16.8 Å². The number of nitrogens with one attached hydrogen (secondary N) is 2. The van der Waals surface area contributed by atoms with Crippen LogP contribution in [0, 0.1) is 0 Å². The fourth-order valence-corrected chi connectivity index (χ4v) is 2.48. The predicted octanol–water partition coefficient (Wildman–Crippen LogP) is 0.406. The molecule has 1 aliphatic rings. The Bertz CT molecular complexity index is 605. The Kier molecular flexibility index (Phi) is 4.09. The van der Waals surface area contributed by atoms with Crippen molar-refractivity contribution in [3.05, 3.63) is 23.8 Å². The minimum absolute atomic E-state index is 0.0799. The first-order chi connectivity index (χ1) is 8.93. The third-order valence-electron chi connectivity index (χ3n) is 2.64. The van der Waals surface area contributed by atoms with Gasteiger partial charge in [0, 0.05) is 11.9 Å². The molecule has 104 valence electrons. The van der Waals surface area contributed by atoms with E-state index in [4.69, 9.17) is 5.14 Å². The lowest BCUT2D eigenvalue weighted by molar-refractivity contribution is 0.0665. The summed E-state index contributed by atoms with van der Waals surface area (Å²) in [5.41, 5.74) is 6.38. The van der Waals surface area contributed by atoms with Crippen LogP contribution >= 0.6 is 15.9 Å². The summed E-state index contributed by atoms with van der Waals surface area (Å²) >= 11 is 3.28. The number of carbonyl (C=O) groups is 1. The third-order valence-corrected chi connectivity index (χ3v) is 4.11. The van der Waals surface area contributed by atoms with Gasteiger partial charge in [0.05, 0.1) is 16.1 Å².